The van der Waals surface area contributed by atoms with Gasteiger partial charge in [-0.05, 0) is 36.4 Å². The summed E-state index contributed by atoms with van der Waals surface area (Å²) in [6.07, 6.45) is -5.15. The Bertz CT molecular complexity index is 1110. The van der Waals surface area contributed by atoms with Gasteiger partial charge < -0.3 is 10.1 Å². The van der Waals surface area contributed by atoms with Gasteiger partial charge in [0.1, 0.15) is 0 Å². The first kappa shape index (κ1) is 23.8. The highest BCUT2D eigenvalue weighted by molar-refractivity contribution is 7.89. The molecule has 2 aromatic carbocycles. The van der Waals surface area contributed by atoms with Gasteiger partial charge in [0.25, 0.3) is 5.91 Å². The number of amides is 1. The molecule has 0 atom stereocenters. The van der Waals surface area contributed by atoms with Crippen LogP contribution in [0.4, 0.5) is 18.9 Å². The van der Waals surface area contributed by atoms with Gasteiger partial charge in [0, 0.05) is 12.2 Å². The quantitative estimate of drug-likeness (QED) is 0.589. The number of carbonyl (C=O) groups is 2. The molecule has 2 aromatic rings. The fourth-order valence-corrected chi connectivity index (χ4v) is 3.37. The molecule has 2 N–H and O–H groups in total. The largest absolute Gasteiger partial charge is 0.456 e. The van der Waals surface area contributed by atoms with E-state index in [-0.39, 0.29) is 0 Å². The highest BCUT2D eigenvalue weighted by Crippen LogP contribution is 2.30. The van der Waals surface area contributed by atoms with Crippen molar-refractivity contribution >= 4 is 27.6 Å². The first-order valence-corrected chi connectivity index (χ1v) is 10.1. The van der Waals surface area contributed by atoms with Crippen LogP contribution in [0.5, 0.6) is 0 Å². The maximum atomic E-state index is 12.7. The predicted octanol–water partition coefficient (Wildman–Crippen LogP) is 2.43. The number of carbonyl (C=O) groups excluding carboxylic acids is 2. The second-order valence-corrected chi connectivity index (χ2v) is 7.84. The van der Waals surface area contributed by atoms with Crippen molar-refractivity contribution < 1.29 is 35.9 Å². The zero-order valence-electron chi connectivity index (χ0n) is 15.8. The third-order valence-electron chi connectivity index (χ3n) is 3.73. The maximum absolute atomic E-state index is 12.7. The molecule has 0 bridgehead atoms. The van der Waals surface area contributed by atoms with Gasteiger partial charge in [-0.1, -0.05) is 12.1 Å². The van der Waals surface area contributed by atoms with Crippen molar-refractivity contribution in [3.63, 3.8) is 0 Å². The number of rotatable bonds is 8. The Morgan fingerprint density at radius 2 is 1.81 bits per heavy atom. The van der Waals surface area contributed by atoms with Crippen LogP contribution in [0.1, 0.15) is 17.5 Å². The standard InChI is InChI=1S/C19H16F3N3O5S/c20-19(21,22)14-4-2-6-16(10-14)31(28,29)24-8-7-18(27)30-12-17(26)25-15-5-1-3-13(9-15)11-23/h1-6,9-10,24H,7-8,12H2,(H,25,26). The normalized spacial score (nSPS) is 11.4. The van der Waals surface area contributed by atoms with Crippen LogP contribution in [0.15, 0.2) is 53.4 Å². The number of nitrogens with one attached hydrogen (secondary N) is 2. The summed E-state index contributed by atoms with van der Waals surface area (Å²) < 4.78 is 69.1. The van der Waals surface area contributed by atoms with Crippen LogP contribution >= 0.6 is 0 Å². The average Bonchev–Trinajstić information content (AvgIpc) is 2.72. The zero-order chi connectivity index (χ0) is 23.1. The van der Waals surface area contributed by atoms with E-state index >= 15 is 0 Å². The molecular weight excluding hydrogens is 439 g/mol. The van der Waals surface area contributed by atoms with E-state index in [0.717, 1.165) is 18.2 Å². The lowest BCUT2D eigenvalue weighted by Gasteiger charge is -2.10. The first-order valence-electron chi connectivity index (χ1n) is 8.64. The number of benzene rings is 2. The van der Waals surface area contributed by atoms with Gasteiger partial charge in [0.05, 0.1) is 28.5 Å². The van der Waals surface area contributed by atoms with Gasteiger partial charge in [-0.2, -0.15) is 18.4 Å². The summed E-state index contributed by atoms with van der Waals surface area (Å²) in [6, 6.07) is 11.1. The van der Waals surface area contributed by atoms with Gasteiger partial charge in [-0.3, -0.25) is 9.59 Å². The molecular formula is C19H16F3N3O5S. The molecule has 8 nitrogen and oxygen atoms in total. The molecule has 0 aliphatic rings. The number of nitrogens with zero attached hydrogens (tertiary/aromatic N) is 1. The van der Waals surface area contributed by atoms with Gasteiger partial charge in [0.15, 0.2) is 6.61 Å². The molecule has 0 heterocycles. The number of esters is 1. The third-order valence-corrected chi connectivity index (χ3v) is 5.19. The lowest BCUT2D eigenvalue weighted by Crippen LogP contribution is -2.28. The molecule has 0 aliphatic carbocycles. The van der Waals surface area contributed by atoms with E-state index in [0.29, 0.717) is 17.3 Å². The summed E-state index contributed by atoms with van der Waals surface area (Å²) in [5.41, 5.74) is -0.474. The molecule has 0 saturated heterocycles. The maximum Gasteiger partial charge on any atom is 0.416 e. The van der Waals surface area contributed by atoms with E-state index in [1.807, 2.05) is 10.8 Å². The van der Waals surface area contributed by atoms with Crippen LogP contribution in [-0.2, 0) is 30.5 Å². The topological polar surface area (TPSA) is 125 Å². The fraction of sp³-hybridized carbons (Fsp3) is 0.211. The lowest BCUT2D eigenvalue weighted by atomic mass is 10.2. The highest BCUT2D eigenvalue weighted by atomic mass is 32.2. The predicted molar refractivity (Wildman–Crippen MR) is 102 cm³/mol. The van der Waals surface area contributed by atoms with Crippen LogP contribution < -0.4 is 10.0 Å². The van der Waals surface area contributed by atoms with Crippen LogP contribution in [-0.4, -0.2) is 33.4 Å². The Kier molecular flexibility index (Phi) is 7.73. The Morgan fingerprint density at radius 1 is 1.10 bits per heavy atom. The summed E-state index contributed by atoms with van der Waals surface area (Å²) >= 11 is 0. The first-order chi connectivity index (χ1) is 14.5. The Morgan fingerprint density at radius 3 is 2.48 bits per heavy atom. The molecule has 0 unspecified atom stereocenters. The molecule has 0 aromatic heterocycles. The zero-order valence-corrected chi connectivity index (χ0v) is 16.6. The fourth-order valence-electron chi connectivity index (χ4n) is 2.29. The van der Waals surface area contributed by atoms with E-state index in [4.69, 9.17) is 10.00 Å². The number of halogens is 3. The van der Waals surface area contributed by atoms with Crippen molar-refractivity contribution in [1.82, 2.24) is 4.72 Å². The molecule has 0 fully saturated rings. The molecule has 0 spiro atoms. The summed E-state index contributed by atoms with van der Waals surface area (Å²) in [5.74, 6) is -1.57. The molecule has 0 saturated carbocycles. The molecule has 164 valence electrons. The summed E-state index contributed by atoms with van der Waals surface area (Å²) in [4.78, 5) is 22.9. The molecule has 1 amide bonds. The third kappa shape index (κ3) is 7.40. The van der Waals surface area contributed by atoms with E-state index in [9.17, 15) is 31.2 Å². The van der Waals surface area contributed by atoms with Gasteiger partial charge in [-0.25, -0.2) is 13.1 Å². The van der Waals surface area contributed by atoms with Crippen LogP contribution in [0.3, 0.4) is 0 Å². The number of sulfonamides is 1. The second-order valence-electron chi connectivity index (χ2n) is 6.07. The van der Waals surface area contributed by atoms with Crippen LogP contribution in [0.25, 0.3) is 0 Å². The number of hydrogen-bond acceptors (Lipinski definition) is 6. The van der Waals surface area contributed by atoms with E-state index in [2.05, 4.69) is 5.32 Å². The Labute approximate surface area is 175 Å². The molecule has 2 rings (SSSR count). The van der Waals surface area contributed by atoms with Crippen molar-refractivity contribution in [2.45, 2.75) is 17.5 Å². The summed E-state index contributed by atoms with van der Waals surface area (Å²) in [5, 5.41) is 11.2. The minimum atomic E-state index is -4.70. The van der Waals surface area contributed by atoms with Crippen molar-refractivity contribution in [3.05, 3.63) is 59.7 Å². The number of alkyl halides is 3. The number of hydrogen-bond donors (Lipinski definition) is 2. The second kappa shape index (κ2) is 10.1. The Balaban J connectivity index is 1.81. The van der Waals surface area contributed by atoms with Gasteiger partial charge in [0.2, 0.25) is 10.0 Å². The van der Waals surface area contributed by atoms with Crippen molar-refractivity contribution in [1.29, 1.82) is 5.26 Å². The van der Waals surface area contributed by atoms with Gasteiger partial charge in [-0.15, -0.1) is 0 Å². The molecule has 31 heavy (non-hydrogen) atoms. The van der Waals surface area contributed by atoms with E-state index in [1.54, 1.807) is 6.07 Å². The van der Waals surface area contributed by atoms with E-state index in [1.165, 1.54) is 18.2 Å². The summed E-state index contributed by atoms with van der Waals surface area (Å²) in [7, 11) is -4.28. The van der Waals surface area contributed by atoms with E-state index < -0.39 is 58.1 Å². The smallest absolute Gasteiger partial charge is 0.416 e. The number of anilines is 1. The molecule has 0 aliphatic heterocycles. The van der Waals surface area contributed by atoms with Crippen LogP contribution in [0, 0.1) is 11.3 Å². The minimum absolute atomic E-state index is 0.322. The average molecular weight is 455 g/mol. The highest BCUT2D eigenvalue weighted by Gasteiger charge is 2.31. The van der Waals surface area contributed by atoms with Crippen molar-refractivity contribution in [2.24, 2.45) is 0 Å². The van der Waals surface area contributed by atoms with Gasteiger partial charge >= 0.3 is 12.1 Å². The number of ether oxygens (including phenoxy) is 1. The summed E-state index contributed by atoms with van der Waals surface area (Å²) in [6.45, 7) is -1.08. The van der Waals surface area contributed by atoms with Crippen LogP contribution in [0.2, 0.25) is 0 Å². The number of nitriles is 1. The van der Waals surface area contributed by atoms with Crippen molar-refractivity contribution in [2.75, 3.05) is 18.5 Å². The minimum Gasteiger partial charge on any atom is -0.456 e. The molecule has 0 radical (unpaired) electrons. The Hall–Kier alpha value is -3.43. The molecule has 12 heteroatoms. The SMILES string of the molecule is N#Cc1cccc(NC(=O)COC(=O)CCNS(=O)(=O)c2cccc(C(F)(F)F)c2)c1. The lowest BCUT2D eigenvalue weighted by molar-refractivity contribution is -0.147. The van der Waals surface area contributed by atoms with Crippen molar-refractivity contribution in [3.8, 4) is 6.07 Å². The monoisotopic (exact) mass is 455 g/mol.